The van der Waals surface area contributed by atoms with Crippen LogP contribution in [0.3, 0.4) is 0 Å². The van der Waals surface area contributed by atoms with Crippen molar-refractivity contribution < 1.29 is 14.3 Å². The summed E-state index contributed by atoms with van der Waals surface area (Å²) in [6, 6.07) is 11.0. The molecule has 0 aliphatic carbocycles. The Kier molecular flexibility index (Phi) is 5.40. The smallest absolute Gasteiger partial charge is 0.254 e. The van der Waals surface area contributed by atoms with Crippen LogP contribution in [0.15, 0.2) is 48.8 Å². The predicted octanol–water partition coefficient (Wildman–Crippen LogP) is 2.12. The predicted molar refractivity (Wildman–Crippen MR) is 77.4 cm³/mol. The summed E-state index contributed by atoms with van der Waals surface area (Å²) in [7, 11) is 0. The van der Waals surface area contributed by atoms with Gasteiger partial charge in [0.1, 0.15) is 0 Å². The minimum Gasteiger partial charge on any atom is -0.396 e. The third-order valence-electron chi connectivity index (χ3n) is 3.27. The van der Waals surface area contributed by atoms with Gasteiger partial charge >= 0.3 is 0 Å². The topological polar surface area (TPSA) is 62.2 Å². The Labute approximate surface area is 122 Å². The van der Waals surface area contributed by atoms with Crippen LogP contribution in [0.25, 0.3) is 0 Å². The molecule has 0 bridgehead atoms. The molecule has 2 N–H and O–H groups in total. The first kappa shape index (κ1) is 15.1. The summed E-state index contributed by atoms with van der Waals surface area (Å²) in [5.41, 5.74) is 1.00. The van der Waals surface area contributed by atoms with Gasteiger partial charge in [-0.2, -0.15) is 0 Å². The number of aromatic nitrogens is 1. The van der Waals surface area contributed by atoms with E-state index >= 15 is 0 Å². The van der Waals surface area contributed by atoms with Gasteiger partial charge in [-0.15, -0.1) is 0 Å². The van der Waals surface area contributed by atoms with Crippen molar-refractivity contribution >= 4 is 5.91 Å². The second-order valence-corrected chi connectivity index (χ2v) is 4.69. The van der Waals surface area contributed by atoms with Gasteiger partial charge in [0.25, 0.3) is 5.91 Å². The average Bonchev–Trinajstić information content (AvgIpc) is 2.52. The van der Waals surface area contributed by atoms with Gasteiger partial charge in [-0.25, -0.2) is 4.39 Å². The maximum atomic E-state index is 13.5. The molecule has 0 radical (unpaired) electrons. The van der Waals surface area contributed by atoms with Crippen molar-refractivity contribution in [2.45, 2.75) is 12.3 Å². The van der Waals surface area contributed by atoms with Gasteiger partial charge in [0, 0.05) is 25.3 Å². The van der Waals surface area contributed by atoms with Gasteiger partial charge in [-0.3, -0.25) is 9.78 Å². The fourth-order valence-electron chi connectivity index (χ4n) is 2.14. The lowest BCUT2D eigenvalue weighted by Gasteiger charge is -2.17. The molecule has 0 aliphatic heterocycles. The third-order valence-corrected chi connectivity index (χ3v) is 3.27. The Morgan fingerprint density at radius 1 is 1.29 bits per heavy atom. The monoisotopic (exact) mass is 288 g/mol. The highest BCUT2D eigenvalue weighted by atomic mass is 19.1. The van der Waals surface area contributed by atoms with Crippen LogP contribution in [0, 0.1) is 5.82 Å². The van der Waals surface area contributed by atoms with E-state index in [0.717, 1.165) is 11.8 Å². The number of benzene rings is 1. The number of carbonyl (C=O) groups excluding carboxylic acids is 1. The molecule has 1 unspecified atom stereocenters. The average molecular weight is 288 g/mol. The number of hydrogen-bond acceptors (Lipinski definition) is 3. The summed E-state index contributed by atoms with van der Waals surface area (Å²) in [6.45, 7) is 0.365. The zero-order valence-electron chi connectivity index (χ0n) is 11.5. The molecule has 2 rings (SSSR count). The number of aliphatic hydroxyl groups is 1. The molecule has 1 aromatic carbocycles. The van der Waals surface area contributed by atoms with Crippen molar-refractivity contribution in [2.24, 2.45) is 0 Å². The van der Waals surface area contributed by atoms with Gasteiger partial charge in [-0.1, -0.05) is 30.3 Å². The van der Waals surface area contributed by atoms with E-state index in [0.29, 0.717) is 13.0 Å². The molecule has 5 heteroatoms. The van der Waals surface area contributed by atoms with E-state index in [2.05, 4.69) is 10.3 Å². The van der Waals surface area contributed by atoms with Crippen LogP contribution in [0.4, 0.5) is 4.39 Å². The molecule has 4 nitrogen and oxygen atoms in total. The Balaban J connectivity index is 2.02. The highest BCUT2D eigenvalue weighted by molar-refractivity contribution is 5.94. The van der Waals surface area contributed by atoms with E-state index in [1.54, 1.807) is 0 Å². The maximum absolute atomic E-state index is 13.5. The molecule has 0 saturated carbocycles. The summed E-state index contributed by atoms with van der Waals surface area (Å²) in [4.78, 5) is 15.6. The molecular weight excluding hydrogens is 271 g/mol. The van der Waals surface area contributed by atoms with Gasteiger partial charge in [0.05, 0.1) is 11.8 Å². The first-order valence-corrected chi connectivity index (χ1v) is 6.76. The number of nitrogens with zero attached hydrogens (tertiary/aromatic N) is 1. The normalized spacial score (nSPS) is 11.9. The van der Waals surface area contributed by atoms with Crippen LogP contribution < -0.4 is 5.32 Å². The highest BCUT2D eigenvalue weighted by Gasteiger charge is 2.15. The van der Waals surface area contributed by atoms with E-state index in [9.17, 15) is 9.18 Å². The Hall–Kier alpha value is -2.27. The minimum atomic E-state index is -0.645. The van der Waals surface area contributed by atoms with Gasteiger partial charge in [-0.05, 0) is 18.1 Å². The molecule has 0 saturated heterocycles. The summed E-state index contributed by atoms with van der Waals surface area (Å²) in [6.07, 6.45) is 2.92. The standard InChI is InChI=1S/C16H17FN2O2/c17-15-11-18-8-6-14(15)16(21)19-10-13(7-9-20)12-4-2-1-3-5-12/h1-6,8,11,13,20H,7,9-10H2,(H,19,21). The van der Waals surface area contributed by atoms with E-state index < -0.39 is 11.7 Å². The number of halogens is 1. The third kappa shape index (κ3) is 4.10. The van der Waals surface area contributed by atoms with E-state index in [1.165, 1.54) is 12.3 Å². The number of pyridine rings is 1. The molecule has 1 amide bonds. The van der Waals surface area contributed by atoms with Crippen molar-refractivity contribution in [3.8, 4) is 0 Å². The molecule has 2 aromatic rings. The van der Waals surface area contributed by atoms with Crippen molar-refractivity contribution in [1.29, 1.82) is 0 Å². The van der Waals surface area contributed by atoms with Crippen LogP contribution in [-0.2, 0) is 0 Å². The Morgan fingerprint density at radius 2 is 2.05 bits per heavy atom. The van der Waals surface area contributed by atoms with Crippen LogP contribution in [0.2, 0.25) is 0 Å². The van der Waals surface area contributed by atoms with Crippen LogP contribution in [0.5, 0.6) is 0 Å². The molecule has 21 heavy (non-hydrogen) atoms. The van der Waals surface area contributed by atoms with Gasteiger partial charge < -0.3 is 10.4 Å². The molecule has 1 heterocycles. The summed E-state index contributed by atoms with van der Waals surface area (Å²) < 4.78 is 13.5. The van der Waals surface area contributed by atoms with Gasteiger partial charge in [0.2, 0.25) is 0 Å². The van der Waals surface area contributed by atoms with Crippen molar-refractivity contribution in [3.63, 3.8) is 0 Å². The van der Waals surface area contributed by atoms with Crippen LogP contribution in [0.1, 0.15) is 28.3 Å². The highest BCUT2D eigenvalue weighted by Crippen LogP contribution is 2.18. The van der Waals surface area contributed by atoms with E-state index in [4.69, 9.17) is 5.11 Å². The first-order chi connectivity index (χ1) is 10.2. The first-order valence-electron chi connectivity index (χ1n) is 6.76. The van der Waals surface area contributed by atoms with E-state index in [-0.39, 0.29) is 18.1 Å². The minimum absolute atomic E-state index is 0.00921. The summed E-state index contributed by atoms with van der Waals surface area (Å²) in [5.74, 6) is -1.13. The number of aliphatic hydroxyl groups excluding tert-OH is 1. The van der Waals surface area contributed by atoms with Crippen molar-refractivity contribution in [3.05, 3.63) is 65.7 Å². The molecule has 1 aromatic heterocycles. The molecule has 110 valence electrons. The zero-order chi connectivity index (χ0) is 15.1. The largest absolute Gasteiger partial charge is 0.396 e. The lowest BCUT2D eigenvalue weighted by Crippen LogP contribution is -2.29. The Bertz CT molecular complexity index is 590. The maximum Gasteiger partial charge on any atom is 0.254 e. The van der Waals surface area contributed by atoms with Crippen LogP contribution in [-0.4, -0.2) is 29.1 Å². The number of nitrogens with one attached hydrogen (secondary N) is 1. The molecule has 1 atom stereocenters. The Morgan fingerprint density at radius 3 is 2.71 bits per heavy atom. The molecule has 0 spiro atoms. The van der Waals surface area contributed by atoms with Crippen LogP contribution >= 0.6 is 0 Å². The van der Waals surface area contributed by atoms with Crippen molar-refractivity contribution in [2.75, 3.05) is 13.2 Å². The fourth-order valence-corrected chi connectivity index (χ4v) is 2.14. The molecule has 0 fully saturated rings. The molecule has 0 aliphatic rings. The second kappa shape index (κ2) is 7.50. The number of hydrogen-bond donors (Lipinski definition) is 2. The lowest BCUT2D eigenvalue weighted by molar-refractivity contribution is 0.0945. The number of amides is 1. The lowest BCUT2D eigenvalue weighted by atomic mass is 9.96. The second-order valence-electron chi connectivity index (χ2n) is 4.69. The summed E-state index contributed by atoms with van der Waals surface area (Å²) in [5, 5.41) is 11.8. The molecular formula is C16H17FN2O2. The number of rotatable bonds is 6. The quantitative estimate of drug-likeness (QED) is 0.856. The SMILES string of the molecule is O=C(NCC(CCO)c1ccccc1)c1ccncc1F. The summed E-state index contributed by atoms with van der Waals surface area (Å²) >= 11 is 0. The van der Waals surface area contributed by atoms with Gasteiger partial charge in [0.15, 0.2) is 5.82 Å². The zero-order valence-corrected chi connectivity index (χ0v) is 11.5. The van der Waals surface area contributed by atoms with E-state index in [1.807, 2.05) is 30.3 Å². The fraction of sp³-hybridized carbons (Fsp3) is 0.250. The number of carbonyl (C=O) groups is 1. The van der Waals surface area contributed by atoms with Crippen molar-refractivity contribution in [1.82, 2.24) is 10.3 Å².